The predicted molar refractivity (Wildman–Crippen MR) is 124 cm³/mol. The molecule has 0 spiro atoms. The van der Waals surface area contributed by atoms with Crippen LogP contribution in [0.15, 0.2) is 23.1 Å². The van der Waals surface area contributed by atoms with Gasteiger partial charge in [-0.25, -0.2) is 13.2 Å². The molecule has 10 heteroatoms. The van der Waals surface area contributed by atoms with Crippen molar-refractivity contribution in [2.75, 3.05) is 6.61 Å². The van der Waals surface area contributed by atoms with Gasteiger partial charge in [0.05, 0.1) is 12.6 Å². The normalized spacial score (nSPS) is 22.3. The van der Waals surface area contributed by atoms with Gasteiger partial charge in [-0.2, -0.15) is 0 Å². The summed E-state index contributed by atoms with van der Waals surface area (Å²) in [7, 11) is 0. The molecule has 1 N–H and O–H groups in total. The number of fused-ring (bicyclic) bond motifs is 6. The van der Waals surface area contributed by atoms with Crippen molar-refractivity contribution in [2.24, 2.45) is 5.92 Å². The minimum atomic E-state index is -1.14. The molecule has 3 heterocycles. The molecule has 1 aliphatic carbocycles. The molecule has 2 aromatic rings. The van der Waals surface area contributed by atoms with E-state index in [1.807, 2.05) is 11.8 Å². The summed E-state index contributed by atoms with van der Waals surface area (Å²) in [5.41, 5.74) is -1.40. The van der Waals surface area contributed by atoms with Crippen LogP contribution >= 0.6 is 0 Å². The fourth-order valence-electron chi connectivity index (χ4n) is 5.80. The molecule has 3 aliphatic rings. The number of halogens is 3. The topological polar surface area (TPSA) is 80.6 Å². The van der Waals surface area contributed by atoms with E-state index in [9.17, 15) is 27.6 Å². The van der Waals surface area contributed by atoms with Crippen LogP contribution in [-0.2, 0) is 13.1 Å². The van der Waals surface area contributed by atoms with Crippen molar-refractivity contribution in [3.63, 3.8) is 0 Å². The van der Waals surface area contributed by atoms with Crippen molar-refractivity contribution >= 4 is 11.8 Å². The number of benzene rings is 1. The van der Waals surface area contributed by atoms with Gasteiger partial charge in [0.1, 0.15) is 23.0 Å². The van der Waals surface area contributed by atoms with E-state index in [0.29, 0.717) is 31.0 Å². The number of carbonyl (C=O) groups excluding carboxylic acids is 2. The summed E-state index contributed by atoms with van der Waals surface area (Å²) in [5.74, 6) is -4.28. The Balaban J connectivity index is 1.49. The average Bonchev–Trinajstić information content (AvgIpc) is 3.08. The molecular weight excluding hydrogens is 475 g/mol. The number of rotatable bonds is 7. The van der Waals surface area contributed by atoms with Gasteiger partial charge >= 0.3 is 0 Å². The molecule has 1 saturated heterocycles. The summed E-state index contributed by atoms with van der Waals surface area (Å²) in [4.78, 5) is 41.9. The third-order valence-corrected chi connectivity index (χ3v) is 7.56. The van der Waals surface area contributed by atoms with Gasteiger partial charge in [0.2, 0.25) is 5.43 Å². The number of pyridine rings is 1. The first-order valence-corrected chi connectivity index (χ1v) is 12.4. The second-order valence-electron chi connectivity index (χ2n) is 9.79. The van der Waals surface area contributed by atoms with Crippen LogP contribution in [0.1, 0.15) is 71.9 Å². The molecule has 2 fully saturated rings. The van der Waals surface area contributed by atoms with Crippen molar-refractivity contribution < 1.29 is 27.5 Å². The summed E-state index contributed by atoms with van der Waals surface area (Å²) < 4.78 is 48.7. The van der Waals surface area contributed by atoms with Crippen LogP contribution in [-0.4, -0.2) is 40.0 Å². The van der Waals surface area contributed by atoms with Gasteiger partial charge in [-0.05, 0) is 31.6 Å². The number of carbonyl (C=O) groups is 2. The van der Waals surface area contributed by atoms with Crippen LogP contribution in [0.4, 0.5) is 13.2 Å². The number of aromatic nitrogens is 1. The smallest absolute Gasteiger partial charge is 0.275 e. The van der Waals surface area contributed by atoms with Gasteiger partial charge in [-0.1, -0.05) is 19.8 Å². The summed E-state index contributed by atoms with van der Waals surface area (Å²) in [6.07, 6.45) is 6.76. The third kappa shape index (κ3) is 4.16. The zero-order chi connectivity index (χ0) is 25.6. The van der Waals surface area contributed by atoms with Crippen molar-refractivity contribution in [1.82, 2.24) is 14.8 Å². The number of unbranched alkanes of at least 4 members (excludes halogenated alkanes) is 1. The molecule has 1 aromatic carbocycles. The maximum atomic E-state index is 14.0. The van der Waals surface area contributed by atoms with Gasteiger partial charge in [-0.15, -0.1) is 0 Å². The lowest BCUT2D eigenvalue weighted by Crippen LogP contribution is -2.50. The molecule has 5 rings (SSSR count). The highest BCUT2D eigenvalue weighted by Crippen LogP contribution is 2.44. The molecule has 192 valence electrons. The Morgan fingerprint density at radius 3 is 2.64 bits per heavy atom. The highest BCUT2D eigenvalue weighted by Gasteiger charge is 2.49. The standard InChI is InChI=1S/C26H28F3N3O4/c1-2-3-7-36-24-22-26(35)32-16-6-4-5-14(8-16)21(32)13-31(22)12-18(23(24)33)25(34)30-11-17-19(28)9-15(27)10-20(17)29/h9-10,12,14,16,21H,2-8,11,13H2,1H3,(H,30,34)/t14-,16+,21-/m1/s1. The van der Waals surface area contributed by atoms with E-state index in [4.69, 9.17) is 4.74 Å². The predicted octanol–water partition coefficient (Wildman–Crippen LogP) is 3.77. The van der Waals surface area contributed by atoms with E-state index in [1.54, 1.807) is 4.57 Å². The zero-order valence-electron chi connectivity index (χ0n) is 20.0. The number of nitrogens with one attached hydrogen (secondary N) is 1. The van der Waals surface area contributed by atoms with Crippen LogP contribution in [0.2, 0.25) is 0 Å². The molecule has 3 atom stereocenters. The second-order valence-corrected chi connectivity index (χ2v) is 9.79. The molecule has 36 heavy (non-hydrogen) atoms. The lowest BCUT2D eigenvalue weighted by Gasteiger charge is -2.37. The largest absolute Gasteiger partial charge is 0.487 e. The summed E-state index contributed by atoms with van der Waals surface area (Å²) >= 11 is 0. The Morgan fingerprint density at radius 1 is 1.17 bits per heavy atom. The zero-order valence-corrected chi connectivity index (χ0v) is 20.0. The van der Waals surface area contributed by atoms with Gasteiger partial charge < -0.3 is 19.5 Å². The number of hydrogen-bond acceptors (Lipinski definition) is 4. The van der Waals surface area contributed by atoms with Crippen LogP contribution in [0.5, 0.6) is 5.75 Å². The molecular formula is C26H28F3N3O4. The Labute approximate surface area is 206 Å². The summed E-state index contributed by atoms with van der Waals surface area (Å²) in [6.45, 7) is 2.03. The Hall–Kier alpha value is -3.30. The number of nitrogens with zero attached hydrogens (tertiary/aromatic N) is 2. The van der Waals surface area contributed by atoms with E-state index in [0.717, 1.165) is 32.1 Å². The first kappa shape index (κ1) is 24.4. The highest BCUT2D eigenvalue weighted by molar-refractivity contribution is 5.99. The molecule has 2 bridgehead atoms. The summed E-state index contributed by atoms with van der Waals surface area (Å²) in [5, 5.41) is 2.35. The Morgan fingerprint density at radius 2 is 1.92 bits per heavy atom. The van der Waals surface area contributed by atoms with Gasteiger partial charge in [0.25, 0.3) is 11.8 Å². The van der Waals surface area contributed by atoms with Gasteiger partial charge in [-0.3, -0.25) is 14.4 Å². The molecule has 7 nitrogen and oxygen atoms in total. The average molecular weight is 504 g/mol. The minimum absolute atomic E-state index is 0.0122. The highest BCUT2D eigenvalue weighted by atomic mass is 19.1. The van der Waals surface area contributed by atoms with Gasteiger partial charge in [0.15, 0.2) is 11.4 Å². The van der Waals surface area contributed by atoms with Crippen LogP contribution in [0, 0.1) is 23.4 Å². The Bertz CT molecular complexity index is 1250. The third-order valence-electron chi connectivity index (χ3n) is 7.56. The van der Waals surface area contributed by atoms with Crippen molar-refractivity contribution in [1.29, 1.82) is 0 Å². The Kier molecular flexibility index (Phi) is 6.53. The van der Waals surface area contributed by atoms with E-state index in [2.05, 4.69) is 5.32 Å². The molecule has 2 amide bonds. The van der Waals surface area contributed by atoms with Crippen molar-refractivity contribution in [2.45, 2.75) is 70.6 Å². The van der Waals surface area contributed by atoms with Crippen LogP contribution in [0.25, 0.3) is 0 Å². The maximum Gasteiger partial charge on any atom is 0.275 e. The molecule has 1 aromatic heterocycles. The molecule has 2 aliphatic heterocycles. The second kappa shape index (κ2) is 9.63. The number of amides is 2. The lowest BCUT2D eigenvalue weighted by molar-refractivity contribution is 0.0566. The molecule has 0 radical (unpaired) electrons. The fourth-order valence-corrected chi connectivity index (χ4v) is 5.80. The first-order chi connectivity index (χ1) is 17.3. The van der Waals surface area contributed by atoms with E-state index in [1.165, 1.54) is 6.20 Å². The SMILES string of the molecule is CCCCOc1c2n(cc(C(=O)NCc3c(F)cc(F)cc3F)c1=O)C[C@@H]1[C@@H]3CCC[C@@H](C3)N1C2=O. The number of ether oxygens (including phenoxy) is 1. The first-order valence-electron chi connectivity index (χ1n) is 12.4. The van der Waals surface area contributed by atoms with Crippen LogP contribution < -0.4 is 15.5 Å². The van der Waals surface area contributed by atoms with Gasteiger partial charge in [0, 0.05) is 43.0 Å². The minimum Gasteiger partial charge on any atom is -0.487 e. The molecule has 1 saturated carbocycles. The fraction of sp³-hybridized carbons (Fsp3) is 0.500. The molecule has 0 unspecified atom stereocenters. The van der Waals surface area contributed by atoms with Crippen molar-refractivity contribution in [3.05, 3.63) is 62.8 Å². The summed E-state index contributed by atoms with van der Waals surface area (Å²) in [6, 6.07) is 1.18. The monoisotopic (exact) mass is 503 g/mol. The quantitative estimate of drug-likeness (QED) is 0.584. The van der Waals surface area contributed by atoms with E-state index >= 15 is 0 Å². The lowest BCUT2D eigenvalue weighted by atomic mass is 9.87. The number of hydrogen-bond donors (Lipinski definition) is 1. The van der Waals surface area contributed by atoms with Crippen molar-refractivity contribution in [3.8, 4) is 5.75 Å². The van der Waals surface area contributed by atoms with E-state index in [-0.39, 0.29) is 41.6 Å². The van der Waals surface area contributed by atoms with E-state index < -0.39 is 40.9 Å². The maximum absolute atomic E-state index is 14.0. The van der Waals surface area contributed by atoms with Crippen LogP contribution in [0.3, 0.4) is 0 Å².